The number of fused-ring (bicyclic) bond motifs is 1. The number of benzene rings is 2. The third kappa shape index (κ3) is 4.59. The highest BCUT2D eigenvalue weighted by atomic mass is 79.9. The summed E-state index contributed by atoms with van der Waals surface area (Å²) < 4.78 is 48.3. The Balaban J connectivity index is 1.99. The smallest absolute Gasteiger partial charge is 0.311 e. The SMILES string of the molecule is CC(C)(C)C(=O)O[C@@H]1CCc2c1cc(Cl)cc2S(=O)(=O)Nc1cccc(Br)c1F. The number of hydrogen-bond donors (Lipinski definition) is 1. The number of anilines is 1. The lowest BCUT2D eigenvalue weighted by molar-refractivity contribution is -0.158. The maximum absolute atomic E-state index is 14.3. The van der Waals surface area contributed by atoms with Gasteiger partial charge in [0.1, 0.15) is 6.10 Å². The minimum Gasteiger partial charge on any atom is -0.457 e. The first-order valence-corrected chi connectivity index (χ1v) is 11.6. The fraction of sp³-hybridized carbons (Fsp3) is 0.350. The van der Waals surface area contributed by atoms with Crippen molar-refractivity contribution in [2.24, 2.45) is 5.41 Å². The van der Waals surface area contributed by atoms with E-state index in [1.165, 1.54) is 24.3 Å². The van der Waals surface area contributed by atoms with Gasteiger partial charge in [0.15, 0.2) is 5.82 Å². The Hall–Kier alpha value is -1.64. The summed E-state index contributed by atoms with van der Waals surface area (Å²) in [5.41, 5.74) is 0.215. The van der Waals surface area contributed by atoms with Gasteiger partial charge in [-0.2, -0.15) is 0 Å². The molecule has 0 amide bonds. The van der Waals surface area contributed by atoms with E-state index < -0.39 is 27.4 Å². The molecule has 0 aliphatic heterocycles. The summed E-state index contributed by atoms with van der Waals surface area (Å²) in [5, 5.41) is 0.192. The summed E-state index contributed by atoms with van der Waals surface area (Å²) in [5.74, 6) is -1.10. The predicted molar refractivity (Wildman–Crippen MR) is 113 cm³/mol. The zero-order valence-corrected chi connectivity index (χ0v) is 19.2. The normalized spacial score (nSPS) is 16.4. The molecule has 5 nitrogen and oxygen atoms in total. The van der Waals surface area contributed by atoms with Gasteiger partial charge in [-0.05, 0) is 84.9 Å². The largest absolute Gasteiger partial charge is 0.457 e. The van der Waals surface area contributed by atoms with Crippen LogP contribution in [0.3, 0.4) is 0 Å². The van der Waals surface area contributed by atoms with Gasteiger partial charge in [-0.3, -0.25) is 9.52 Å². The van der Waals surface area contributed by atoms with E-state index >= 15 is 0 Å². The highest BCUT2D eigenvalue weighted by molar-refractivity contribution is 9.10. The molecule has 0 aromatic heterocycles. The molecule has 1 aliphatic rings. The average molecular weight is 505 g/mol. The number of ether oxygens (including phenoxy) is 1. The third-order valence-electron chi connectivity index (χ3n) is 4.56. The Labute approximate surface area is 182 Å². The van der Waals surface area contributed by atoms with Crippen molar-refractivity contribution in [3.05, 3.63) is 56.8 Å². The molecule has 0 bridgehead atoms. The lowest BCUT2D eigenvalue weighted by Gasteiger charge is -2.21. The Morgan fingerprint density at radius 2 is 2.00 bits per heavy atom. The van der Waals surface area contributed by atoms with Crippen molar-refractivity contribution in [2.75, 3.05) is 4.72 Å². The summed E-state index contributed by atoms with van der Waals surface area (Å²) in [6.07, 6.45) is 0.267. The van der Waals surface area contributed by atoms with E-state index in [9.17, 15) is 17.6 Å². The lowest BCUT2D eigenvalue weighted by Crippen LogP contribution is -2.24. The molecule has 0 radical (unpaired) electrons. The second-order valence-electron chi connectivity index (χ2n) is 7.86. The zero-order chi connectivity index (χ0) is 21.6. The number of hydrogen-bond acceptors (Lipinski definition) is 4. The van der Waals surface area contributed by atoms with Crippen LogP contribution in [0.1, 0.15) is 44.4 Å². The van der Waals surface area contributed by atoms with Gasteiger partial charge in [0.2, 0.25) is 0 Å². The number of halogens is 3. The first-order valence-electron chi connectivity index (χ1n) is 8.90. The monoisotopic (exact) mass is 503 g/mol. The first-order chi connectivity index (χ1) is 13.4. The molecule has 0 spiro atoms. The predicted octanol–water partition coefficient (Wildman–Crippen LogP) is 5.62. The van der Waals surface area contributed by atoms with Gasteiger partial charge in [-0.25, -0.2) is 12.8 Å². The molecular weight excluding hydrogens is 485 g/mol. The summed E-state index contributed by atoms with van der Waals surface area (Å²) in [6.45, 7) is 5.24. The number of rotatable bonds is 4. The molecule has 2 aromatic carbocycles. The van der Waals surface area contributed by atoms with E-state index in [4.69, 9.17) is 16.3 Å². The van der Waals surface area contributed by atoms with Crippen LogP contribution in [-0.2, 0) is 26.0 Å². The van der Waals surface area contributed by atoms with Crippen molar-refractivity contribution in [1.82, 2.24) is 0 Å². The van der Waals surface area contributed by atoms with E-state index in [0.717, 1.165) is 0 Å². The van der Waals surface area contributed by atoms with Crippen LogP contribution in [-0.4, -0.2) is 14.4 Å². The molecule has 0 fully saturated rings. The number of esters is 1. The number of carbonyl (C=O) groups is 1. The Morgan fingerprint density at radius 1 is 1.31 bits per heavy atom. The quantitative estimate of drug-likeness (QED) is 0.549. The van der Waals surface area contributed by atoms with Gasteiger partial charge in [0.05, 0.1) is 20.5 Å². The molecule has 3 rings (SSSR count). The van der Waals surface area contributed by atoms with E-state index in [1.807, 2.05) is 0 Å². The van der Waals surface area contributed by atoms with Crippen LogP contribution in [0.2, 0.25) is 5.02 Å². The molecule has 2 aromatic rings. The minimum atomic E-state index is -4.12. The van der Waals surface area contributed by atoms with Crippen molar-refractivity contribution < 1.29 is 22.3 Å². The molecule has 0 saturated heterocycles. The minimum absolute atomic E-state index is 0.0475. The lowest BCUT2D eigenvalue weighted by atomic mass is 9.97. The molecule has 29 heavy (non-hydrogen) atoms. The standard InChI is InChI=1S/C20H20BrClFNO4S/c1-20(2,3)19(25)28-16-8-7-12-13(16)9-11(22)10-17(12)29(26,27)24-15-6-4-5-14(21)18(15)23/h4-6,9-10,16,24H,7-8H2,1-3H3/t16-/m1/s1. The molecule has 0 saturated carbocycles. The van der Waals surface area contributed by atoms with Gasteiger partial charge < -0.3 is 4.74 Å². The molecule has 0 heterocycles. The molecule has 9 heteroatoms. The second kappa shape index (κ2) is 7.89. The maximum atomic E-state index is 14.3. The second-order valence-corrected chi connectivity index (χ2v) is 10.8. The molecule has 1 aliphatic carbocycles. The number of nitrogens with one attached hydrogen (secondary N) is 1. The van der Waals surface area contributed by atoms with Gasteiger partial charge in [-0.15, -0.1) is 0 Å². The van der Waals surface area contributed by atoms with Crippen LogP contribution >= 0.6 is 27.5 Å². The van der Waals surface area contributed by atoms with Crippen molar-refractivity contribution in [1.29, 1.82) is 0 Å². The Kier molecular flexibility index (Phi) is 6.00. The van der Waals surface area contributed by atoms with Crippen LogP contribution < -0.4 is 4.72 Å². The van der Waals surface area contributed by atoms with Crippen LogP contribution in [0.15, 0.2) is 39.7 Å². The van der Waals surface area contributed by atoms with Crippen molar-refractivity contribution in [3.8, 4) is 0 Å². The van der Waals surface area contributed by atoms with Crippen molar-refractivity contribution in [2.45, 2.75) is 44.6 Å². The number of sulfonamides is 1. The Morgan fingerprint density at radius 3 is 2.66 bits per heavy atom. The molecule has 0 unspecified atom stereocenters. The van der Waals surface area contributed by atoms with Crippen LogP contribution in [0.25, 0.3) is 0 Å². The van der Waals surface area contributed by atoms with E-state index in [-0.39, 0.29) is 26.0 Å². The molecule has 1 atom stereocenters. The molecule has 156 valence electrons. The molecular formula is C20H20BrClFNO4S. The molecule has 1 N–H and O–H groups in total. The van der Waals surface area contributed by atoms with Gasteiger partial charge >= 0.3 is 5.97 Å². The van der Waals surface area contributed by atoms with Crippen LogP contribution in [0.4, 0.5) is 10.1 Å². The fourth-order valence-corrected chi connectivity index (χ4v) is 5.11. The van der Waals surface area contributed by atoms with Gasteiger partial charge in [0.25, 0.3) is 10.0 Å². The fourth-order valence-electron chi connectivity index (χ4n) is 3.07. The summed E-state index contributed by atoms with van der Waals surface area (Å²) in [4.78, 5) is 12.2. The van der Waals surface area contributed by atoms with E-state index in [2.05, 4.69) is 20.7 Å². The highest BCUT2D eigenvalue weighted by Gasteiger charge is 2.35. The topological polar surface area (TPSA) is 72.5 Å². The van der Waals surface area contributed by atoms with E-state index in [1.54, 1.807) is 26.8 Å². The van der Waals surface area contributed by atoms with Crippen molar-refractivity contribution in [3.63, 3.8) is 0 Å². The number of carbonyl (C=O) groups excluding carboxylic acids is 1. The van der Waals surface area contributed by atoms with E-state index in [0.29, 0.717) is 24.0 Å². The average Bonchev–Trinajstić information content (AvgIpc) is 3.00. The summed E-state index contributed by atoms with van der Waals surface area (Å²) in [6, 6.07) is 7.26. The van der Waals surface area contributed by atoms with Gasteiger partial charge in [-0.1, -0.05) is 17.7 Å². The van der Waals surface area contributed by atoms with Crippen molar-refractivity contribution >= 4 is 49.2 Å². The summed E-state index contributed by atoms with van der Waals surface area (Å²) in [7, 11) is -4.12. The highest BCUT2D eigenvalue weighted by Crippen LogP contribution is 2.41. The third-order valence-corrected chi connectivity index (χ3v) is 6.82. The van der Waals surface area contributed by atoms with Crippen LogP contribution in [0, 0.1) is 11.2 Å². The zero-order valence-electron chi connectivity index (χ0n) is 16.1. The van der Waals surface area contributed by atoms with Crippen LogP contribution in [0.5, 0.6) is 0 Å². The maximum Gasteiger partial charge on any atom is 0.311 e. The summed E-state index contributed by atoms with van der Waals surface area (Å²) >= 11 is 9.21. The Bertz CT molecular complexity index is 1080. The van der Waals surface area contributed by atoms with Gasteiger partial charge in [0, 0.05) is 5.02 Å². The first kappa shape index (κ1) is 22.1.